The van der Waals surface area contributed by atoms with Gasteiger partial charge in [-0.25, -0.2) is 9.78 Å². The van der Waals surface area contributed by atoms with E-state index >= 15 is 0 Å². The number of carboxylic acid groups (broad SMARTS) is 1. The number of imidazole rings is 1. The zero-order valence-corrected chi connectivity index (χ0v) is 18.3. The Morgan fingerprint density at radius 1 is 0.970 bits per heavy atom. The predicted molar refractivity (Wildman–Crippen MR) is 128 cm³/mol. The fraction of sp³-hybridized carbons (Fsp3) is 0.0800. The number of nitrogens with one attached hydrogen (secondary N) is 2. The number of carboxylic acids is 1. The van der Waals surface area contributed by atoms with Crippen LogP contribution in [0.4, 0.5) is 5.69 Å². The monoisotopic (exact) mass is 463 g/mol. The molecule has 0 aliphatic carbocycles. The van der Waals surface area contributed by atoms with Gasteiger partial charge in [-0.2, -0.15) is 0 Å². The van der Waals surface area contributed by atoms with Crippen molar-refractivity contribution in [3.05, 3.63) is 102 Å². The number of hydrogen-bond acceptors (Lipinski definition) is 4. The Bertz CT molecular complexity index is 1220. The molecule has 0 aliphatic heterocycles. The number of hydrogen-bond donors (Lipinski definition) is 3. The van der Waals surface area contributed by atoms with Gasteiger partial charge >= 0.3 is 5.97 Å². The van der Waals surface area contributed by atoms with Gasteiger partial charge in [-0.1, -0.05) is 30.3 Å². The number of para-hydroxylation sites is 1. The molecular formula is C25H22ClN3O4. The number of nitrogens with zero attached hydrogens (tertiary/aromatic N) is 1. The summed E-state index contributed by atoms with van der Waals surface area (Å²) in [6.07, 6.45) is 4.09. The van der Waals surface area contributed by atoms with Crippen LogP contribution in [0.5, 0.6) is 5.75 Å². The molecule has 0 radical (unpaired) electrons. The van der Waals surface area contributed by atoms with Gasteiger partial charge in [0.1, 0.15) is 5.75 Å². The highest BCUT2D eigenvalue weighted by Crippen LogP contribution is 2.28. The summed E-state index contributed by atoms with van der Waals surface area (Å²) in [6, 6.07) is 21.2. The molecule has 3 aromatic carbocycles. The summed E-state index contributed by atoms with van der Waals surface area (Å²) in [4.78, 5) is 30.6. The van der Waals surface area contributed by atoms with Crippen molar-refractivity contribution in [3.8, 4) is 17.0 Å². The van der Waals surface area contributed by atoms with Crippen molar-refractivity contribution in [2.45, 2.75) is 6.42 Å². The highest BCUT2D eigenvalue weighted by atomic mass is 35.5. The molecule has 33 heavy (non-hydrogen) atoms. The zero-order chi connectivity index (χ0) is 22.3. The number of aromatic carboxylic acids is 1. The second-order valence-electron chi connectivity index (χ2n) is 7.10. The van der Waals surface area contributed by atoms with Gasteiger partial charge in [0.25, 0.3) is 5.91 Å². The van der Waals surface area contributed by atoms with E-state index in [1.54, 1.807) is 24.7 Å². The zero-order valence-electron chi connectivity index (χ0n) is 17.5. The molecule has 8 heteroatoms. The van der Waals surface area contributed by atoms with E-state index in [-0.39, 0.29) is 23.9 Å². The van der Waals surface area contributed by atoms with Crippen LogP contribution >= 0.6 is 12.4 Å². The summed E-state index contributed by atoms with van der Waals surface area (Å²) in [6.45, 7) is 0.499. The summed E-state index contributed by atoms with van der Waals surface area (Å²) in [5, 5.41) is 11.9. The molecule has 0 bridgehead atoms. The molecule has 4 aromatic rings. The van der Waals surface area contributed by atoms with Gasteiger partial charge in [0, 0.05) is 23.2 Å². The fourth-order valence-corrected chi connectivity index (χ4v) is 3.25. The highest BCUT2D eigenvalue weighted by Gasteiger charge is 2.10. The molecule has 0 atom stereocenters. The lowest BCUT2D eigenvalue weighted by atomic mass is 10.1. The fourth-order valence-electron chi connectivity index (χ4n) is 3.25. The van der Waals surface area contributed by atoms with E-state index in [0.717, 1.165) is 22.6 Å². The first kappa shape index (κ1) is 23.6. The van der Waals surface area contributed by atoms with Crippen molar-refractivity contribution in [3.63, 3.8) is 0 Å². The van der Waals surface area contributed by atoms with Crippen molar-refractivity contribution in [1.29, 1.82) is 0 Å². The molecule has 0 saturated heterocycles. The molecular weight excluding hydrogens is 442 g/mol. The second-order valence-corrected chi connectivity index (χ2v) is 7.10. The molecule has 0 aliphatic rings. The van der Waals surface area contributed by atoms with Gasteiger partial charge in [0.05, 0.1) is 30.4 Å². The summed E-state index contributed by atoms with van der Waals surface area (Å²) in [5.41, 5.74) is 3.91. The van der Waals surface area contributed by atoms with Crippen molar-refractivity contribution in [1.82, 2.24) is 9.97 Å². The smallest absolute Gasteiger partial charge is 0.335 e. The Morgan fingerprint density at radius 2 is 1.73 bits per heavy atom. The third-order valence-electron chi connectivity index (χ3n) is 4.91. The standard InChI is InChI=1S/C25H21N3O4.ClH/c29-24(18-4-3-5-19(14-18)25(30)31)28-20-10-8-17(9-11-20)12-13-32-23-7-2-1-6-21(23)22-15-26-16-27-22;/h1-11,14-16H,12-13H2,(H,26,27)(H,28,29)(H,30,31);1H. The molecule has 0 fully saturated rings. The van der Waals surface area contributed by atoms with E-state index in [9.17, 15) is 9.59 Å². The van der Waals surface area contributed by atoms with Gasteiger partial charge in [0.2, 0.25) is 0 Å². The molecule has 1 aromatic heterocycles. The SMILES string of the molecule is Cl.O=C(O)c1cccc(C(=O)Nc2ccc(CCOc3ccccc3-c3cnc[nH]3)cc2)c1. The molecule has 0 saturated carbocycles. The topological polar surface area (TPSA) is 104 Å². The largest absolute Gasteiger partial charge is 0.493 e. The Labute approximate surface area is 196 Å². The summed E-state index contributed by atoms with van der Waals surface area (Å²) < 4.78 is 5.98. The lowest BCUT2D eigenvalue weighted by molar-refractivity contribution is 0.0697. The van der Waals surface area contributed by atoms with Crippen LogP contribution in [0.15, 0.2) is 85.3 Å². The van der Waals surface area contributed by atoms with Crippen molar-refractivity contribution >= 4 is 30.0 Å². The Hall–Kier alpha value is -4.10. The maximum Gasteiger partial charge on any atom is 0.335 e. The maximum atomic E-state index is 12.4. The first-order chi connectivity index (χ1) is 15.6. The quantitative estimate of drug-likeness (QED) is 0.338. The van der Waals surface area contributed by atoms with Gasteiger partial charge in [-0.3, -0.25) is 4.79 Å². The molecule has 0 spiro atoms. The number of H-pyrrole nitrogens is 1. The van der Waals surface area contributed by atoms with Crippen LogP contribution in [0, 0.1) is 0 Å². The van der Waals surface area contributed by atoms with Crippen molar-refractivity contribution in [2.75, 3.05) is 11.9 Å². The van der Waals surface area contributed by atoms with E-state index in [1.807, 2.05) is 48.5 Å². The number of carbonyl (C=O) groups excluding carboxylic acids is 1. The number of amides is 1. The second kappa shape index (κ2) is 11.0. The molecule has 1 amide bonds. The van der Waals surface area contributed by atoms with Gasteiger partial charge in [0.15, 0.2) is 0 Å². The minimum atomic E-state index is -1.07. The van der Waals surface area contributed by atoms with Crippen LogP contribution in [-0.4, -0.2) is 33.6 Å². The van der Waals surface area contributed by atoms with E-state index in [0.29, 0.717) is 24.3 Å². The van der Waals surface area contributed by atoms with Gasteiger partial charge in [-0.05, 0) is 48.0 Å². The number of benzene rings is 3. The van der Waals surface area contributed by atoms with Gasteiger partial charge < -0.3 is 20.1 Å². The number of aromatic amines is 1. The molecule has 4 rings (SSSR count). The number of rotatable bonds is 8. The lowest BCUT2D eigenvalue weighted by Gasteiger charge is -2.11. The normalized spacial score (nSPS) is 10.2. The first-order valence-corrected chi connectivity index (χ1v) is 10.0. The number of aromatic nitrogens is 2. The average Bonchev–Trinajstić information content (AvgIpc) is 3.35. The third-order valence-corrected chi connectivity index (χ3v) is 4.91. The molecule has 3 N–H and O–H groups in total. The average molecular weight is 464 g/mol. The minimum absolute atomic E-state index is 0. The Morgan fingerprint density at radius 3 is 2.45 bits per heavy atom. The minimum Gasteiger partial charge on any atom is -0.493 e. The summed E-state index contributed by atoms with van der Waals surface area (Å²) >= 11 is 0. The van der Waals surface area contributed by atoms with Crippen LogP contribution in [0.1, 0.15) is 26.3 Å². The maximum absolute atomic E-state index is 12.4. The van der Waals surface area contributed by atoms with E-state index in [4.69, 9.17) is 9.84 Å². The third kappa shape index (κ3) is 5.99. The predicted octanol–water partition coefficient (Wildman–Crippen LogP) is 5.07. The number of halogens is 1. The molecule has 168 valence electrons. The van der Waals surface area contributed by atoms with Crippen molar-refractivity contribution < 1.29 is 19.4 Å². The first-order valence-electron chi connectivity index (χ1n) is 10.0. The Balaban J connectivity index is 0.00000306. The molecule has 1 heterocycles. The Kier molecular flexibility index (Phi) is 7.83. The van der Waals surface area contributed by atoms with Crippen LogP contribution < -0.4 is 10.1 Å². The van der Waals surface area contributed by atoms with E-state index in [2.05, 4.69) is 15.3 Å². The summed E-state index contributed by atoms with van der Waals surface area (Å²) in [7, 11) is 0. The van der Waals surface area contributed by atoms with Crippen LogP contribution in [-0.2, 0) is 6.42 Å². The number of anilines is 1. The molecule has 0 unspecified atom stereocenters. The highest BCUT2D eigenvalue weighted by molar-refractivity contribution is 6.05. The van der Waals surface area contributed by atoms with Crippen molar-refractivity contribution in [2.24, 2.45) is 0 Å². The van der Waals surface area contributed by atoms with Crippen LogP contribution in [0.3, 0.4) is 0 Å². The van der Waals surface area contributed by atoms with E-state index in [1.165, 1.54) is 12.1 Å². The van der Waals surface area contributed by atoms with Crippen LogP contribution in [0.25, 0.3) is 11.3 Å². The lowest BCUT2D eigenvalue weighted by Crippen LogP contribution is -2.12. The number of ether oxygens (including phenoxy) is 1. The molecule has 7 nitrogen and oxygen atoms in total. The van der Waals surface area contributed by atoms with Crippen LogP contribution in [0.2, 0.25) is 0 Å². The van der Waals surface area contributed by atoms with E-state index < -0.39 is 5.97 Å². The summed E-state index contributed by atoms with van der Waals surface area (Å²) in [5.74, 6) is -0.651. The van der Waals surface area contributed by atoms with Gasteiger partial charge in [-0.15, -0.1) is 12.4 Å². The number of carbonyl (C=O) groups is 2.